The van der Waals surface area contributed by atoms with E-state index in [0.717, 1.165) is 51.4 Å². The number of allylic oxidation sites excluding steroid dienone is 2. The van der Waals surface area contributed by atoms with Crippen LogP contribution in [0.3, 0.4) is 0 Å². The largest absolute Gasteiger partial charge is 0.396 e. The summed E-state index contributed by atoms with van der Waals surface area (Å²) in [5.41, 5.74) is 0.613. The number of aliphatic hydroxyl groups is 3. The lowest BCUT2D eigenvalue weighted by molar-refractivity contribution is -0.208. The Balaban J connectivity index is 1.61. The number of Topliss-reactive ketones (excluding diaryl/α,β-unsaturated/α-hetero) is 1. The molecule has 0 spiro atoms. The summed E-state index contributed by atoms with van der Waals surface area (Å²) in [6.45, 7) is 14.0. The van der Waals surface area contributed by atoms with E-state index in [1.54, 1.807) is 0 Å². The molecule has 0 aromatic heterocycles. The first-order chi connectivity index (χ1) is 15.7. The average Bonchev–Trinajstić information content (AvgIpc) is 2.77. The van der Waals surface area contributed by atoms with E-state index in [1.807, 2.05) is 6.92 Å². The third-order valence-corrected chi connectivity index (χ3v) is 13.1. The Kier molecular flexibility index (Phi) is 5.44. The van der Waals surface area contributed by atoms with Crippen molar-refractivity contribution in [2.45, 2.75) is 105 Å². The summed E-state index contributed by atoms with van der Waals surface area (Å²) < 4.78 is 0. The fourth-order valence-electron chi connectivity index (χ4n) is 10.5. The minimum atomic E-state index is -0.634. The van der Waals surface area contributed by atoms with Gasteiger partial charge >= 0.3 is 0 Å². The zero-order valence-electron chi connectivity index (χ0n) is 22.4. The molecule has 0 bridgehead atoms. The van der Waals surface area contributed by atoms with Gasteiger partial charge in [0.2, 0.25) is 0 Å². The smallest absolute Gasteiger partial charge is 0.141 e. The van der Waals surface area contributed by atoms with Crippen molar-refractivity contribution in [2.24, 2.45) is 50.2 Å². The Labute approximate surface area is 206 Å². The van der Waals surface area contributed by atoms with Crippen LogP contribution in [0.25, 0.3) is 0 Å². The monoisotopic (exact) mass is 472 g/mol. The quantitative estimate of drug-likeness (QED) is 0.477. The Hall–Kier alpha value is -0.710. The molecular formula is C30H48O4. The molecule has 5 aliphatic carbocycles. The normalized spacial score (nSPS) is 54.3. The van der Waals surface area contributed by atoms with E-state index in [2.05, 4.69) is 40.7 Å². The zero-order valence-corrected chi connectivity index (χ0v) is 22.4. The second kappa shape index (κ2) is 7.42. The third-order valence-electron chi connectivity index (χ3n) is 13.1. The minimum Gasteiger partial charge on any atom is -0.396 e. The molecule has 5 rings (SSSR count). The highest BCUT2D eigenvalue weighted by atomic mass is 16.3. The van der Waals surface area contributed by atoms with Gasteiger partial charge in [-0.25, -0.2) is 0 Å². The molecule has 0 aliphatic heterocycles. The molecule has 4 heteroatoms. The Morgan fingerprint density at radius 2 is 1.62 bits per heavy atom. The van der Waals surface area contributed by atoms with Crippen LogP contribution in [0.5, 0.6) is 0 Å². The standard InChI is InChI=1S/C30H48O4/c1-25(2)13-14-30(18-32)20(15-25)19-7-8-22-26(3)11-10-23(33)27(4,17-31)21(26)9-12-28(22,5)29(19,6)16-24(30)34/h7,20-22,24,31-32,34H,8-18H2,1-6H3/t20-,21+,22+,24-,26-,27-,28+,29+,30+/m0/s1. The molecule has 3 N–H and O–H groups in total. The van der Waals surface area contributed by atoms with Crippen molar-refractivity contribution in [3.8, 4) is 0 Å². The molecule has 0 unspecified atom stereocenters. The molecule has 34 heavy (non-hydrogen) atoms. The molecule has 5 aliphatic rings. The van der Waals surface area contributed by atoms with E-state index in [1.165, 1.54) is 5.57 Å². The molecule has 4 nitrogen and oxygen atoms in total. The molecule has 0 aromatic carbocycles. The third kappa shape index (κ3) is 2.85. The number of rotatable bonds is 2. The summed E-state index contributed by atoms with van der Waals surface area (Å²) in [7, 11) is 0. The topological polar surface area (TPSA) is 77.8 Å². The fourth-order valence-corrected chi connectivity index (χ4v) is 10.5. The number of ketones is 1. The number of hydrogen-bond donors (Lipinski definition) is 3. The first-order valence-corrected chi connectivity index (χ1v) is 13.9. The van der Waals surface area contributed by atoms with Gasteiger partial charge in [-0.2, -0.15) is 0 Å². The summed E-state index contributed by atoms with van der Waals surface area (Å²) in [6.07, 6.45) is 10.2. The van der Waals surface area contributed by atoms with Crippen LogP contribution in [0, 0.1) is 50.2 Å². The Morgan fingerprint density at radius 1 is 0.912 bits per heavy atom. The van der Waals surface area contributed by atoms with Crippen LogP contribution in [0.1, 0.15) is 99.3 Å². The van der Waals surface area contributed by atoms with Gasteiger partial charge in [0.25, 0.3) is 0 Å². The Bertz CT molecular complexity index is 907. The number of aliphatic hydroxyl groups excluding tert-OH is 3. The van der Waals surface area contributed by atoms with Gasteiger partial charge in [0, 0.05) is 11.8 Å². The highest BCUT2D eigenvalue weighted by Gasteiger charge is 2.70. The Morgan fingerprint density at radius 3 is 2.26 bits per heavy atom. The predicted octanol–water partition coefficient (Wildman–Crippen LogP) is 5.29. The highest BCUT2D eigenvalue weighted by molar-refractivity contribution is 5.86. The maximum absolute atomic E-state index is 13.0. The van der Waals surface area contributed by atoms with E-state index in [9.17, 15) is 20.1 Å². The molecule has 4 saturated carbocycles. The van der Waals surface area contributed by atoms with Crippen molar-refractivity contribution in [1.82, 2.24) is 0 Å². The first-order valence-electron chi connectivity index (χ1n) is 13.9. The van der Waals surface area contributed by atoms with Gasteiger partial charge in [-0.1, -0.05) is 53.2 Å². The van der Waals surface area contributed by atoms with E-state index in [0.29, 0.717) is 12.3 Å². The van der Waals surface area contributed by atoms with Gasteiger partial charge in [0.05, 0.1) is 24.7 Å². The van der Waals surface area contributed by atoms with E-state index in [4.69, 9.17) is 0 Å². The second-order valence-corrected chi connectivity index (χ2v) is 14.8. The fraction of sp³-hybridized carbons (Fsp3) is 0.900. The van der Waals surface area contributed by atoms with Crippen molar-refractivity contribution in [3.05, 3.63) is 11.6 Å². The molecule has 0 saturated heterocycles. The number of carbonyl (C=O) groups is 1. The molecular weight excluding hydrogens is 424 g/mol. The minimum absolute atomic E-state index is 0.00569. The van der Waals surface area contributed by atoms with E-state index < -0.39 is 16.9 Å². The lowest BCUT2D eigenvalue weighted by atomic mass is 9.33. The van der Waals surface area contributed by atoms with Gasteiger partial charge in [-0.05, 0) is 90.8 Å². The summed E-state index contributed by atoms with van der Waals surface area (Å²) in [5.74, 6) is 1.11. The van der Waals surface area contributed by atoms with Crippen molar-refractivity contribution in [2.75, 3.05) is 13.2 Å². The average molecular weight is 473 g/mol. The first kappa shape index (κ1) is 25.0. The van der Waals surface area contributed by atoms with Crippen molar-refractivity contribution < 1.29 is 20.1 Å². The molecule has 0 aromatic rings. The van der Waals surface area contributed by atoms with Gasteiger partial charge in [0.1, 0.15) is 5.78 Å². The van der Waals surface area contributed by atoms with Crippen LogP contribution < -0.4 is 0 Å². The lowest BCUT2D eigenvalue weighted by Gasteiger charge is -2.71. The number of carbonyl (C=O) groups excluding carboxylic acids is 1. The van der Waals surface area contributed by atoms with Crippen LogP contribution in [-0.2, 0) is 4.79 Å². The molecule has 0 heterocycles. The molecule has 192 valence electrons. The van der Waals surface area contributed by atoms with Gasteiger partial charge in [-0.15, -0.1) is 0 Å². The number of fused-ring (bicyclic) bond motifs is 7. The second-order valence-electron chi connectivity index (χ2n) is 14.8. The van der Waals surface area contributed by atoms with Crippen molar-refractivity contribution in [3.63, 3.8) is 0 Å². The zero-order chi connectivity index (χ0) is 24.9. The van der Waals surface area contributed by atoms with Crippen molar-refractivity contribution in [1.29, 1.82) is 0 Å². The molecule has 9 atom stereocenters. The maximum atomic E-state index is 13.0. The van der Waals surface area contributed by atoms with E-state index >= 15 is 0 Å². The molecule has 4 fully saturated rings. The highest BCUT2D eigenvalue weighted by Crippen LogP contribution is 2.75. The van der Waals surface area contributed by atoms with Crippen LogP contribution >= 0.6 is 0 Å². The number of hydrogen-bond acceptors (Lipinski definition) is 4. The summed E-state index contributed by atoms with van der Waals surface area (Å²) in [5, 5.41) is 32.7. The van der Waals surface area contributed by atoms with Crippen LogP contribution in [0.2, 0.25) is 0 Å². The van der Waals surface area contributed by atoms with Gasteiger partial charge in [0.15, 0.2) is 0 Å². The molecule has 0 radical (unpaired) electrons. The van der Waals surface area contributed by atoms with E-state index in [-0.39, 0.29) is 52.5 Å². The summed E-state index contributed by atoms with van der Waals surface area (Å²) in [6, 6.07) is 0. The summed E-state index contributed by atoms with van der Waals surface area (Å²) >= 11 is 0. The van der Waals surface area contributed by atoms with Gasteiger partial charge in [-0.3, -0.25) is 4.79 Å². The van der Waals surface area contributed by atoms with Gasteiger partial charge < -0.3 is 15.3 Å². The lowest BCUT2D eigenvalue weighted by Crippen LogP contribution is -2.67. The van der Waals surface area contributed by atoms with Crippen molar-refractivity contribution >= 4 is 5.78 Å². The molecule has 0 amide bonds. The maximum Gasteiger partial charge on any atom is 0.141 e. The van der Waals surface area contributed by atoms with Crippen LogP contribution in [0.15, 0.2) is 11.6 Å². The summed E-state index contributed by atoms with van der Waals surface area (Å²) in [4.78, 5) is 13.0. The van der Waals surface area contributed by atoms with Crippen LogP contribution in [0.4, 0.5) is 0 Å². The predicted molar refractivity (Wildman–Crippen MR) is 134 cm³/mol. The SMILES string of the molecule is CC1(C)CC[C@]2(CO)[C@@H](O)C[C@]3(C)C(=CC[C@@H]4[C@@]5(C)CCC(=O)[C@@](C)(CO)[C@@H]5CC[C@]43C)[C@@H]2C1. The van der Waals surface area contributed by atoms with Crippen LogP contribution in [-0.4, -0.2) is 40.4 Å².